The van der Waals surface area contributed by atoms with Crippen molar-refractivity contribution in [1.29, 1.82) is 0 Å². The Morgan fingerprint density at radius 1 is 1.12 bits per heavy atom. The van der Waals surface area contributed by atoms with E-state index in [0.717, 1.165) is 20.7 Å². The van der Waals surface area contributed by atoms with Crippen LogP contribution >= 0.6 is 11.3 Å². The molecule has 3 rings (SSSR count). The number of hydrogen-bond acceptors (Lipinski definition) is 3. The maximum Gasteiger partial charge on any atom is 0.123 e. The number of thiophene rings is 1. The Labute approximate surface area is 95.4 Å². The van der Waals surface area contributed by atoms with E-state index < -0.39 is 0 Å². The molecule has 1 aromatic carbocycles. The summed E-state index contributed by atoms with van der Waals surface area (Å²) in [7, 11) is 0. The van der Waals surface area contributed by atoms with Gasteiger partial charge in [0.2, 0.25) is 0 Å². The normalized spacial score (nSPS) is 10.8. The Kier molecular flexibility index (Phi) is 2.15. The number of rotatable bonds is 1. The lowest BCUT2D eigenvalue weighted by molar-refractivity contribution is 0.628. The first-order valence-corrected chi connectivity index (χ1v) is 5.60. The van der Waals surface area contributed by atoms with Crippen LogP contribution in [0, 0.1) is 5.82 Å². The summed E-state index contributed by atoms with van der Waals surface area (Å²) in [4.78, 5) is 9.22. The highest BCUT2D eigenvalue weighted by molar-refractivity contribution is 7.22. The Hall–Kier alpha value is -1.81. The SMILES string of the molecule is Fc1ccc(-c2cc3ncncc3s2)cc1. The summed E-state index contributed by atoms with van der Waals surface area (Å²) in [6.45, 7) is 0. The maximum absolute atomic E-state index is 12.8. The molecule has 0 aliphatic heterocycles. The molecule has 0 spiro atoms. The van der Waals surface area contributed by atoms with Crippen LogP contribution in [0.1, 0.15) is 0 Å². The molecule has 78 valence electrons. The molecule has 16 heavy (non-hydrogen) atoms. The zero-order valence-corrected chi connectivity index (χ0v) is 9.04. The third-order valence-corrected chi connectivity index (χ3v) is 3.43. The van der Waals surface area contributed by atoms with Crippen LogP contribution in [-0.2, 0) is 0 Å². The van der Waals surface area contributed by atoms with Crippen molar-refractivity contribution in [3.8, 4) is 10.4 Å². The molecule has 0 amide bonds. The molecule has 0 saturated heterocycles. The molecule has 0 aliphatic carbocycles. The first-order chi connectivity index (χ1) is 7.83. The van der Waals surface area contributed by atoms with Crippen LogP contribution in [-0.4, -0.2) is 9.97 Å². The van der Waals surface area contributed by atoms with Crippen LogP contribution in [0.3, 0.4) is 0 Å². The van der Waals surface area contributed by atoms with Gasteiger partial charge in [-0.1, -0.05) is 12.1 Å². The number of nitrogens with zero attached hydrogens (tertiary/aromatic N) is 2. The van der Waals surface area contributed by atoms with E-state index in [1.165, 1.54) is 18.5 Å². The Morgan fingerprint density at radius 2 is 1.94 bits per heavy atom. The van der Waals surface area contributed by atoms with E-state index in [9.17, 15) is 4.39 Å². The fourth-order valence-electron chi connectivity index (χ4n) is 1.54. The van der Waals surface area contributed by atoms with E-state index in [1.807, 2.05) is 6.07 Å². The van der Waals surface area contributed by atoms with Gasteiger partial charge in [0.1, 0.15) is 12.1 Å². The van der Waals surface area contributed by atoms with Gasteiger partial charge in [-0.15, -0.1) is 11.3 Å². The van der Waals surface area contributed by atoms with Gasteiger partial charge in [-0.2, -0.15) is 0 Å². The fourth-order valence-corrected chi connectivity index (χ4v) is 2.53. The smallest absolute Gasteiger partial charge is 0.123 e. The van der Waals surface area contributed by atoms with Crippen LogP contribution in [0.15, 0.2) is 42.9 Å². The quantitative estimate of drug-likeness (QED) is 0.639. The van der Waals surface area contributed by atoms with Crippen LogP contribution in [0.4, 0.5) is 4.39 Å². The average Bonchev–Trinajstić information content (AvgIpc) is 2.73. The summed E-state index contributed by atoms with van der Waals surface area (Å²) < 4.78 is 13.8. The highest BCUT2D eigenvalue weighted by Gasteiger charge is 2.04. The minimum Gasteiger partial charge on any atom is -0.243 e. The molecule has 2 heterocycles. The lowest BCUT2D eigenvalue weighted by atomic mass is 10.2. The van der Waals surface area contributed by atoms with Crippen molar-refractivity contribution in [2.75, 3.05) is 0 Å². The van der Waals surface area contributed by atoms with Crippen molar-refractivity contribution in [3.63, 3.8) is 0 Å². The van der Waals surface area contributed by atoms with Crippen molar-refractivity contribution < 1.29 is 4.39 Å². The number of benzene rings is 1. The largest absolute Gasteiger partial charge is 0.243 e. The van der Waals surface area contributed by atoms with Gasteiger partial charge < -0.3 is 0 Å². The lowest BCUT2D eigenvalue weighted by Gasteiger charge is -1.95. The van der Waals surface area contributed by atoms with Crippen molar-refractivity contribution in [3.05, 3.63) is 48.7 Å². The molecule has 0 unspecified atom stereocenters. The van der Waals surface area contributed by atoms with E-state index in [2.05, 4.69) is 9.97 Å². The summed E-state index contributed by atoms with van der Waals surface area (Å²) in [5.41, 5.74) is 1.93. The summed E-state index contributed by atoms with van der Waals surface area (Å²) in [6, 6.07) is 8.46. The molecular formula is C12H7FN2S. The van der Waals surface area contributed by atoms with Crippen molar-refractivity contribution in [2.45, 2.75) is 0 Å². The van der Waals surface area contributed by atoms with Gasteiger partial charge in [-0.3, -0.25) is 0 Å². The predicted octanol–water partition coefficient (Wildman–Crippen LogP) is 3.50. The van der Waals surface area contributed by atoms with E-state index in [4.69, 9.17) is 0 Å². The number of fused-ring (bicyclic) bond motifs is 1. The maximum atomic E-state index is 12.8. The molecule has 0 saturated carbocycles. The van der Waals surface area contributed by atoms with Gasteiger partial charge in [-0.25, -0.2) is 14.4 Å². The van der Waals surface area contributed by atoms with E-state index >= 15 is 0 Å². The van der Waals surface area contributed by atoms with Gasteiger partial charge >= 0.3 is 0 Å². The van der Waals surface area contributed by atoms with Crippen molar-refractivity contribution >= 4 is 21.6 Å². The fraction of sp³-hybridized carbons (Fsp3) is 0. The van der Waals surface area contributed by atoms with Crippen molar-refractivity contribution in [1.82, 2.24) is 9.97 Å². The molecule has 3 aromatic rings. The minimum absolute atomic E-state index is 0.218. The molecule has 0 fully saturated rings. The van der Waals surface area contributed by atoms with Crippen LogP contribution in [0.25, 0.3) is 20.7 Å². The van der Waals surface area contributed by atoms with Crippen LogP contribution in [0.2, 0.25) is 0 Å². The van der Waals surface area contributed by atoms with E-state index in [1.54, 1.807) is 29.7 Å². The lowest BCUT2D eigenvalue weighted by Crippen LogP contribution is -1.74. The van der Waals surface area contributed by atoms with Crippen LogP contribution in [0.5, 0.6) is 0 Å². The topological polar surface area (TPSA) is 25.8 Å². The third kappa shape index (κ3) is 1.57. The first-order valence-electron chi connectivity index (χ1n) is 4.78. The van der Waals surface area contributed by atoms with Crippen molar-refractivity contribution in [2.24, 2.45) is 0 Å². The first kappa shape index (κ1) is 9.42. The van der Waals surface area contributed by atoms with E-state index in [-0.39, 0.29) is 5.82 Å². The molecule has 0 atom stereocenters. The highest BCUT2D eigenvalue weighted by Crippen LogP contribution is 2.31. The summed E-state index contributed by atoms with van der Waals surface area (Å²) in [6.07, 6.45) is 3.32. The van der Waals surface area contributed by atoms with E-state index in [0.29, 0.717) is 0 Å². The van der Waals surface area contributed by atoms with Gasteiger partial charge in [0.25, 0.3) is 0 Å². The van der Waals surface area contributed by atoms with Crippen LogP contribution < -0.4 is 0 Å². The molecule has 0 N–H and O–H groups in total. The van der Waals surface area contributed by atoms with Gasteiger partial charge in [-0.05, 0) is 23.8 Å². The third-order valence-electron chi connectivity index (χ3n) is 2.32. The Balaban J connectivity index is 2.15. The summed E-state index contributed by atoms with van der Waals surface area (Å²) >= 11 is 1.61. The molecule has 0 radical (unpaired) electrons. The second-order valence-corrected chi connectivity index (χ2v) is 4.47. The minimum atomic E-state index is -0.218. The molecule has 0 bridgehead atoms. The number of hydrogen-bond donors (Lipinski definition) is 0. The molecular weight excluding hydrogens is 223 g/mol. The monoisotopic (exact) mass is 230 g/mol. The summed E-state index contributed by atoms with van der Waals surface area (Å²) in [5.74, 6) is -0.218. The number of aromatic nitrogens is 2. The second-order valence-electron chi connectivity index (χ2n) is 3.39. The molecule has 4 heteroatoms. The summed E-state index contributed by atoms with van der Waals surface area (Å²) in [5, 5.41) is 0. The second kappa shape index (κ2) is 3.64. The van der Waals surface area contributed by atoms with Gasteiger partial charge in [0.05, 0.1) is 10.2 Å². The molecule has 2 aromatic heterocycles. The number of halogens is 1. The van der Waals surface area contributed by atoms with Gasteiger partial charge in [0.15, 0.2) is 0 Å². The highest BCUT2D eigenvalue weighted by atomic mass is 32.1. The average molecular weight is 230 g/mol. The zero-order valence-electron chi connectivity index (χ0n) is 8.22. The predicted molar refractivity (Wildman–Crippen MR) is 62.8 cm³/mol. The van der Waals surface area contributed by atoms with Gasteiger partial charge in [0, 0.05) is 11.1 Å². The Bertz CT molecular complexity index is 598. The zero-order chi connectivity index (χ0) is 11.0. The molecule has 0 aliphatic rings. The standard InChI is InChI=1S/C12H7FN2S/c13-9-3-1-8(2-4-9)11-5-10-12(16-11)6-14-7-15-10/h1-7H. The molecule has 2 nitrogen and oxygen atoms in total. The Morgan fingerprint density at radius 3 is 2.69 bits per heavy atom.